The van der Waals surface area contributed by atoms with Crippen LogP contribution < -0.4 is 11.1 Å². The number of ether oxygens (including phenoxy) is 1. The average molecular weight is 263 g/mol. The molecule has 2 rings (SSSR count). The molecule has 5 nitrogen and oxygen atoms in total. The first-order valence-electron chi connectivity index (χ1n) is 6.75. The fourth-order valence-electron chi connectivity index (χ4n) is 2.63. The molecule has 0 saturated heterocycles. The van der Waals surface area contributed by atoms with Crippen molar-refractivity contribution in [3.8, 4) is 0 Å². The Morgan fingerprint density at radius 1 is 1.53 bits per heavy atom. The van der Waals surface area contributed by atoms with E-state index in [1.165, 1.54) is 26.4 Å². The maximum Gasteiger partial charge on any atom is 0.356 e. The van der Waals surface area contributed by atoms with Gasteiger partial charge in [-0.3, -0.25) is 0 Å². The highest BCUT2D eigenvalue weighted by molar-refractivity contribution is 5.88. The number of methoxy groups -OCH3 is 1. The second kappa shape index (κ2) is 6.52. The van der Waals surface area contributed by atoms with Gasteiger partial charge in [0.15, 0.2) is 0 Å². The van der Waals surface area contributed by atoms with Gasteiger partial charge in [0.1, 0.15) is 5.69 Å². The molecule has 1 saturated carbocycles. The molecule has 0 amide bonds. The third-order valence-corrected chi connectivity index (χ3v) is 3.72. The molecule has 1 aromatic rings. The van der Waals surface area contributed by atoms with Crippen LogP contribution in [0.4, 0.5) is 5.69 Å². The standard InChI is InChI=1S/C14H21N3O2/c1-19-14(18)13-8-11(6-7-16-13)17-12-5-3-2-4-10(12)9-15/h6-8,10,12H,2-5,9,15H2,1H3,(H,16,17). The zero-order valence-electron chi connectivity index (χ0n) is 11.3. The first-order valence-corrected chi connectivity index (χ1v) is 6.75. The van der Waals surface area contributed by atoms with Crippen LogP contribution in [-0.2, 0) is 4.74 Å². The van der Waals surface area contributed by atoms with Gasteiger partial charge in [-0.15, -0.1) is 0 Å². The summed E-state index contributed by atoms with van der Waals surface area (Å²) >= 11 is 0. The second-order valence-electron chi connectivity index (χ2n) is 4.95. The minimum atomic E-state index is -0.414. The van der Waals surface area contributed by atoms with Crippen LogP contribution in [0.2, 0.25) is 0 Å². The van der Waals surface area contributed by atoms with E-state index in [1.54, 1.807) is 12.3 Å². The zero-order valence-corrected chi connectivity index (χ0v) is 11.3. The van der Waals surface area contributed by atoms with Crippen molar-refractivity contribution in [1.29, 1.82) is 0 Å². The van der Waals surface area contributed by atoms with Crippen LogP contribution in [0.1, 0.15) is 36.2 Å². The molecule has 19 heavy (non-hydrogen) atoms. The van der Waals surface area contributed by atoms with Gasteiger partial charge < -0.3 is 15.8 Å². The average Bonchev–Trinajstić information content (AvgIpc) is 2.47. The van der Waals surface area contributed by atoms with Crippen LogP contribution in [0.3, 0.4) is 0 Å². The van der Waals surface area contributed by atoms with Crippen LogP contribution in [0.25, 0.3) is 0 Å². The van der Waals surface area contributed by atoms with E-state index in [2.05, 4.69) is 15.0 Å². The predicted octanol–water partition coefficient (Wildman–Crippen LogP) is 1.80. The van der Waals surface area contributed by atoms with Crippen molar-refractivity contribution in [1.82, 2.24) is 4.98 Å². The Morgan fingerprint density at radius 3 is 3.05 bits per heavy atom. The Balaban J connectivity index is 2.07. The fourth-order valence-corrected chi connectivity index (χ4v) is 2.63. The monoisotopic (exact) mass is 263 g/mol. The lowest BCUT2D eigenvalue weighted by Gasteiger charge is -2.32. The molecular weight excluding hydrogens is 242 g/mol. The summed E-state index contributed by atoms with van der Waals surface area (Å²) in [5.41, 5.74) is 7.05. The Hall–Kier alpha value is -1.62. The smallest absolute Gasteiger partial charge is 0.356 e. The summed E-state index contributed by atoms with van der Waals surface area (Å²) in [6, 6.07) is 3.98. The van der Waals surface area contributed by atoms with Crippen molar-refractivity contribution in [2.45, 2.75) is 31.7 Å². The molecule has 5 heteroatoms. The van der Waals surface area contributed by atoms with Crippen molar-refractivity contribution in [3.05, 3.63) is 24.0 Å². The minimum Gasteiger partial charge on any atom is -0.464 e. The highest BCUT2D eigenvalue weighted by atomic mass is 16.5. The summed E-state index contributed by atoms with van der Waals surface area (Å²) in [6.07, 6.45) is 6.39. The van der Waals surface area contributed by atoms with Gasteiger partial charge in [0.05, 0.1) is 7.11 Å². The van der Waals surface area contributed by atoms with Crippen molar-refractivity contribution in [2.75, 3.05) is 19.0 Å². The van der Waals surface area contributed by atoms with E-state index in [1.807, 2.05) is 6.07 Å². The number of hydrogen-bond donors (Lipinski definition) is 2. The van der Waals surface area contributed by atoms with Gasteiger partial charge in [0.25, 0.3) is 0 Å². The van der Waals surface area contributed by atoms with Crippen molar-refractivity contribution in [3.63, 3.8) is 0 Å². The van der Waals surface area contributed by atoms with E-state index in [0.29, 0.717) is 24.2 Å². The molecule has 3 N–H and O–H groups in total. The lowest BCUT2D eigenvalue weighted by molar-refractivity contribution is 0.0594. The lowest BCUT2D eigenvalue weighted by atomic mass is 9.84. The number of carbonyl (C=O) groups excluding carboxylic acids is 1. The quantitative estimate of drug-likeness (QED) is 0.810. The number of esters is 1. The summed E-state index contributed by atoms with van der Waals surface area (Å²) in [5.74, 6) is 0.0890. The topological polar surface area (TPSA) is 77.2 Å². The molecule has 0 radical (unpaired) electrons. The molecule has 0 spiro atoms. The lowest BCUT2D eigenvalue weighted by Crippen LogP contribution is -2.36. The maximum absolute atomic E-state index is 11.4. The van der Waals surface area contributed by atoms with Gasteiger partial charge in [0.2, 0.25) is 0 Å². The number of nitrogens with zero attached hydrogens (tertiary/aromatic N) is 1. The summed E-state index contributed by atoms with van der Waals surface area (Å²) in [6.45, 7) is 0.701. The largest absolute Gasteiger partial charge is 0.464 e. The second-order valence-corrected chi connectivity index (χ2v) is 4.95. The number of nitrogens with one attached hydrogen (secondary N) is 1. The van der Waals surface area contributed by atoms with E-state index < -0.39 is 5.97 Å². The van der Waals surface area contributed by atoms with Gasteiger partial charge in [-0.05, 0) is 37.4 Å². The molecule has 1 fully saturated rings. The molecule has 2 unspecified atom stereocenters. The SMILES string of the molecule is COC(=O)c1cc(NC2CCCCC2CN)ccn1. The number of rotatable bonds is 4. The van der Waals surface area contributed by atoms with E-state index in [0.717, 1.165) is 12.1 Å². The number of aromatic nitrogens is 1. The number of nitrogens with two attached hydrogens (primary N) is 1. The number of hydrogen-bond acceptors (Lipinski definition) is 5. The Bertz CT molecular complexity index is 436. The first-order chi connectivity index (χ1) is 9.24. The number of anilines is 1. The van der Waals surface area contributed by atoms with E-state index in [9.17, 15) is 4.79 Å². The van der Waals surface area contributed by atoms with Gasteiger partial charge in [0, 0.05) is 17.9 Å². The number of carbonyl (C=O) groups is 1. The van der Waals surface area contributed by atoms with E-state index >= 15 is 0 Å². The molecule has 104 valence electrons. The molecule has 1 aliphatic carbocycles. The van der Waals surface area contributed by atoms with Crippen molar-refractivity contribution in [2.24, 2.45) is 11.7 Å². The zero-order chi connectivity index (χ0) is 13.7. The fraction of sp³-hybridized carbons (Fsp3) is 0.571. The summed E-state index contributed by atoms with van der Waals surface area (Å²) in [5, 5.41) is 3.47. The molecule has 0 bridgehead atoms. The van der Waals surface area contributed by atoms with Crippen molar-refractivity contribution < 1.29 is 9.53 Å². The predicted molar refractivity (Wildman–Crippen MR) is 74.0 cm³/mol. The molecule has 1 aliphatic rings. The third kappa shape index (κ3) is 3.44. The highest BCUT2D eigenvalue weighted by Crippen LogP contribution is 2.26. The van der Waals surface area contributed by atoms with Crippen LogP contribution in [0.15, 0.2) is 18.3 Å². The minimum absolute atomic E-state index is 0.326. The van der Waals surface area contributed by atoms with Gasteiger partial charge in [-0.25, -0.2) is 9.78 Å². The molecule has 1 heterocycles. The summed E-state index contributed by atoms with van der Waals surface area (Å²) in [4.78, 5) is 15.4. The molecule has 0 aliphatic heterocycles. The summed E-state index contributed by atoms with van der Waals surface area (Å²) < 4.78 is 4.67. The first kappa shape index (κ1) is 13.8. The molecule has 1 aromatic heterocycles. The van der Waals surface area contributed by atoms with E-state index in [-0.39, 0.29) is 0 Å². The van der Waals surface area contributed by atoms with Gasteiger partial charge in [-0.2, -0.15) is 0 Å². The highest BCUT2D eigenvalue weighted by Gasteiger charge is 2.23. The van der Waals surface area contributed by atoms with Gasteiger partial charge >= 0.3 is 5.97 Å². The number of pyridine rings is 1. The maximum atomic E-state index is 11.4. The van der Waals surface area contributed by atoms with Crippen molar-refractivity contribution >= 4 is 11.7 Å². The molecule has 2 atom stereocenters. The van der Waals surface area contributed by atoms with Crippen LogP contribution in [0.5, 0.6) is 0 Å². The van der Waals surface area contributed by atoms with E-state index in [4.69, 9.17) is 5.73 Å². The molecular formula is C14H21N3O2. The van der Waals surface area contributed by atoms with Crippen LogP contribution in [-0.4, -0.2) is 30.6 Å². The molecule has 0 aromatic carbocycles. The Morgan fingerprint density at radius 2 is 2.32 bits per heavy atom. The summed E-state index contributed by atoms with van der Waals surface area (Å²) in [7, 11) is 1.36. The Kier molecular flexibility index (Phi) is 4.74. The van der Waals surface area contributed by atoms with Gasteiger partial charge in [-0.1, -0.05) is 12.8 Å². The van der Waals surface area contributed by atoms with Crippen LogP contribution >= 0.6 is 0 Å². The third-order valence-electron chi connectivity index (χ3n) is 3.72. The Labute approximate surface area is 113 Å². The van der Waals surface area contributed by atoms with Crippen LogP contribution in [0, 0.1) is 5.92 Å². The normalized spacial score (nSPS) is 22.8.